The molecule has 3 aromatic rings. The second-order valence-electron chi connectivity index (χ2n) is 7.05. The summed E-state index contributed by atoms with van der Waals surface area (Å²) in [5, 5.41) is 3.13. The van der Waals surface area contributed by atoms with Crippen molar-refractivity contribution in [2.75, 3.05) is 13.6 Å². The Morgan fingerprint density at radius 1 is 0.969 bits per heavy atom. The average molecular weight is 477 g/mol. The van der Waals surface area contributed by atoms with E-state index < -0.39 is 15.9 Å². The van der Waals surface area contributed by atoms with E-state index in [4.69, 9.17) is 16.3 Å². The molecule has 6 nitrogen and oxygen atoms in total. The molecule has 168 valence electrons. The summed E-state index contributed by atoms with van der Waals surface area (Å²) < 4.78 is 44.7. The maximum absolute atomic E-state index is 12.9. The molecule has 3 rings (SSSR count). The van der Waals surface area contributed by atoms with Crippen LogP contribution in [0.25, 0.3) is 0 Å². The van der Waals surface area contributed by atoms with Gasteiger partial charge in [0, 0.05) is 18.6 Å². The third kappa shape index (κ3) is 6.53. The second-order valence-corrected chi connectivity index (χ2v) is 9.53. The van der Waals surface area contributed by atoms with Crippen LogP contribution in [-0.4, -0.2) is 32.2 Å². The fourth-order valence-electron chi connectivity index (χ4n) is 2.78. The number of sulfonamides is 1. The predicted octanol–water partition coefficient (Wildman–Crippen LogP) is 4.00. The number of benzene rings is 3. The Kier molecular flexibility index (Phi) is 7.84. The van der Waals surface area contributed by atoms with Crippen molar-refractivity contribution in [3.8, 4) is 5.75 Å². The van der Waals surface area contributed by atoms with Gasteiger partial charge in [0.25, 0.3) is 0 Å². The minimum absolute atomic E-state index is 0.0634. The van der Waals surface area contributed by atoms with Crippen molar-refractivity contribution >= 4 is 27.5 Å². The zero-order chi connectivity index (χ0) is 23.1. The molecule has 0 unspecified atom stereocenters. The number of carbonyl (C=O) groups is 1. The molecule has 32 heavy (non-hydrogen) atoms. The molecule has 0 heterocycles. The van der Waals surface area contributed by atoms with E-state index in [-0.39, 0.29) is 23.8 Å². The highest BCUT2D eigenvalue weighted by Crippen LogP contribution is 2.17. The Hall–Kier alpha value is -2.94. The van der Waals surface area contributed by atoms with Crippen molar-refractivity contribution in [3.63, 3.8) is 0 Å². The van der Waals surface area contributed by atoms with E-state index in [1.54, 1.807) is 36.4 Å². The van der Waals surface area contributed by atoms with Gasteiger partial charge in [-0.1, -0.05) is 35.9 Å². The van der Waals surface area contributed by atoms with Gasteiger partial charge in [-0.3, -0.25) is 4.79 Å². The first-order chi connectivity index (χ1) is 15.2. The van der Waals surface area contributed by atoms with E-state index in [0.29, 0.717) is 17.4 Å². The van der Waals surface area contributed by atoms with Crippen LogP contribution in [-0.2, 0) is 28.0 Å². The molecule has 0 aliphatic carbocycles. The average Bonchev–Trinajstić information content (AvgIpc) is 2.78. The number of likely N-dealkylation sites (N-methyl/N-ethyl adjacent to an activating group) is 1. The topological polar surface area (TPSA) is 75.7 Å². The number of ether oxygens (including phenoxy) is 1. The van der Waals surface area contributed by atoms with Crippen LogP contribution in [0.15, 0.2) is 77.7 Å². The van der Waals surface area contributed by atoms with Crippen LogP contribution < -0.4 is 10.1 Å². The standard InChI is InChI=1S/C23H22ClFN2O4S/c1-27(32(29,30)22-12-6-19(24)7-13-22)15-23(28)26-14-17-4-10-21(11-5-17)31-16-18-2-8-20(25)9-3-18/h2-13H,14-16H2,1H3,(H,26,28). The summed E-state index contributed by atoms with van der Waals surface area (Å²) >= 11 is 5.79. The first-order valence-corrected chi connectivity index (χ1v) is 11.5. The predicted molar refractivity (Wildman–Crippen MR) is 120 cm³/mol. The van der Waals surface area contributed by atoms with Gasteiger partial charge in [0.05, 0.1) is 11.4 Å². The maximum atomic E-state index is 12.9. The lowest BCUT2D eigenvalue weighted by molar-refractivity contribution is -0.121. The maximum Gasteiger partial charge on any atom is 0.243 e. The molecule has 0 aliphatic heterocycles. The van der Waals surface area contributed by atoms with Crippen molar-refractivity contribution in [1.82, 2.24) is 9.62 Å². The summed E-state index contributed by atoms with van der Waals surface area (Å²) in [5.74, 6) is -0.0891. The van der Waals surface area contributed by atoms with Crippen LogP contribution >= 0.6 is 11.6 Å². The van der Waals surface area contributed by atoms with Crippen molar-refractivity contribution in [3.05, 3.63) is 94.8 Å². The van der Waals surface area contributed by atoms with Crippen molar-refractivity contribution in [2.45, 2.75) is 18.0 Å². The summed E-state index contributed by atoms with van der Waals surface area (Å²) in [5.41, 5.74) is 1.68. The molecule has 0 atom stereocenters. The molecule has 0 radical (unpaired) electrons. The number of amides is 1. The van der Waals surface area contributed by atoms with Crippen LogP contribution in [0.2, 0.25) is 5.02 Å². The number of halogens is 2. The minimum atomic E-state index is -3.79. The molecule has 1 N–H and O–H groups in total. The second kappa shape index (κ2) is 10.6. The van der Waals surface area contributed by atoms with Gasteiger partial charge in [0.15, 0.2) is 0 Å². The van der Waals surface area contributed by atoms with Gasteiger partial charge in [0.2, 0.25) is 15.9 Å². The van der Waals surface area contributed by atoms with E-state index >= 15 is 0 Å². The Morgan fingerprint density at radius 3 is 2.19 bits per heavy atom. The Morgan fingerprint density at radius 2 is 1.56 bits per heavy atom. The number of nitrogens with zero attached hydrogens (tertiary/aromatic N) is 1. The van der Waals surface area contributed by atoms with Gasteiger partial charge in [-0.2, -0.15) is 4.31 Å². The number of nitrogens with one attached hydrogen (secondary N) is 1. The highest BCUT2D eigenvalue weighted by atomic mass is 35.5. The molecule has 9 heteroatoms. The largest absolute Gasteiger partial charge is 0.489 e. The third-order valence-electron chi connectivity index (χ3n) is 4.62. The normalized spacial score (nSPS) is 11.4. The highest BCUT2D eigenvalue weighted by Gasteiger charge is 2.22. The summed E-state index contributed by atoms with van der Waals surface area (Å²) in [6.45, 7) is 0.237. The van der Waals surface area contributed by atoms with Gasteiger partial charge >= 0.3 is 0 Å². The molecular formula is C23H22ClFN2O4S. The Bertz CT molecular complexity index is 1150. The van der Waals surface area contributed by atoms with Crippen molar-refractivity contribution in [2.24, 2.45) is 0 Å². The van der Waals surface area contributed by atoms with E-state index in [9.17, 15) is 17.6 Å². The number of rotatable bonds is 9. The van der Waals surface area contributed by atoms with Gasteiger partial charge < -0.3 is 10.1 Å². The van der Waals surface area contributed by atoms with Gasteiger partial charge in [-0.25, -0.2) is 12.8 Å². The SMILES string of the molecule is CN(CC(=O)NCc1ccc(OCc2ccc(F)cc2)cc1)S(=O)(=O)c1ccc(Cl)cc1. The summed E-state index contributed by atoms with van der Waals surface area (Å²) in [7, 11) is -2.45. The zero-order valence-corrected chi connectivity index (χ0v) is 18.9. The Balaban J connectivity index is 1.47. The fraction of sp³-hybridized carbons (Fsp3) is 0.174. The van der Waals surface area contributed by atoms with Gasteiger partial charge in [-0.15, -0.1) is 0 Å². The number of hydrogen-bond donors (Lipinski definition) is 1. The first kappa shape index (κ1) is 23.7. The molecule has 0 aromatic heterocycles. The van der Waals surface area contributed by atoms with Crippen molar-refractivity contribution < 1.29 is 22.3 Å². The van der Waals surface area contributed by atoms with Gasteiger partial charge in [-0.05, 0) is 59.7 Å². The molecule has 0 spiro atoms. The highest BCUT2D eigenvalue weighted by molar-refractivity contribution is 7.89. The summed E-state index contributed by atoms with van der Waals surface area (Å²) in [6.07, 6.45) is 0. The molecular weight excluding hydrogens is 455 g/mol. The summed E-state index contributed by atoms with van der Waals surface area (Å²) in [6, 6.07) is 19.0. The lowest BCUT2D eigenvalue weighted by Crippen LogP contribution is -2.38. The van der Waals surface area contributed by atoms with Crippen molar-refractivity contribution in [1.29, 1.82) is 0 Å². The van der Waals surface area contributed by atoms with E-state index in [2.05, 4.69) is 5.32 Å². The van der Waals surface area contributed by atoms with Gasteiger partial charge in [0.1, 0.15) is 18.2 Å². The van der Waals surface area contributed by atoms with E-state index in [0.717, 1.165) is 15.4 Å². The number of hydrogen-bond acceptors (Lipinski definition) is 4. The van der Waals surface area contributed by atoms with Crippen LogP contribution in [0, 0.1) is 5.82 Å². The fourth-order valence-corrected chi connectivity index (χ4v) is 4.03. The van der Waals surface area contributed by atoms with Crippen LogP contribution in [0.4, 0.5) is 4.39 Å². The third-order valence-corrected chi connectivity index (χ3v) is 6.69. The quantitative estimate of drug-likeness (QED) is 0.506. The Labute approximate surface area is 191 Å². The molecule has 0 fully saturated rings. The molecule has 3 aromatic carbocycles. The van der Waals surface area contributed by atoms with Crippen LogP contribution in [0.3, 0.4) is 0 Å². The lowest BCUT2D eigenvalue weighted by atomic mass is 10.2. The minimum Gasteiger partial charge on any atom is -0.489 e. The summed E-state index contributed by atoms with van der Waals surface area (Å²) in [4.78, 5) is 12.3. The molecule has 0 saturated carbocycles. The molecule has 1 amide bonds. The van der Waals surface area contributed by atoms with Crippen LogP contribution in [0.1, 0.15) is 11.1 Å². The monoisotopic (exact) mass is 476 g/mol. The van der Waals surface area contributed by atoms with Crippen LogP contribution in [0.5, 0.6) is 5.75 Å². The zero-order valence-electron chi connectivity index (χ0n) is 17.3. The van der Waals surface area contributed by atoms with E-state index in [1.165, 1.54) is 43.4 Å². The molecule has 0 aliphatic rings. The first-order valence-electron chi connectivity index (χ1n) is 9.69. The number of carbonyl (C=O) groups excluding carboxylic acids is 1. The van der Waals surface area contributed by atoms with E-state index in [1.807, 2.05) is 0 Å². The smallest absolute Gasteiger partial charge is 0.243 e. The lowest BCUT2D eigenvalue weighted by Gasteiger charge is -2.17. The molecule has 0 saturated heterocycles. The molecule has 0 bridgehead atoms.